The van der Waals surface area contributed by atoms with Crippen molar-refractivity contribution >= 4 is 51.9 Å². The summed E-state index contributed by atoms with van der Waals surface area (Å²) in [6, 6.07) is 13.7. The predicted molar refractivity (Wildman–Crippen MR) is 179 cm³/mol. The van der Waals surface area contributed by atoms with Crippen LogP contribution in [0, 0.1) is 0 Å². The zero-order valence-corrected chi connectivity index (χ0v) is 27.7. The molecular weight excluding hydrogens is 604 g/mol. The van der Waals surface area contributed by atoms with Crippen molar-refractivity contribution in [1.82, 2.24) is 4.90 Å². The summed E-state index contributed by atoms with van der Waals surface area (Å²) < 4.78 is 6.07. The lowest BCUT2D eigenvalue weighted by atomic mass is 10.1. The number of hydrogen-bond donors (Lipinski definition) is 1. The third-order valence-electron chi connectivity index (χ3n) is 7.23. The highest BCUT2D eigenvalue weighted by Gasteiger charge is 2.13. The molecule has 1 heterocycles. The van der Waals surface area contributed by atoms with Gasteiger partial charge in [-0.25, -0.2) is 0 Å². The Morgan fingerprint density at radius 2 is 1.55 bits per heavy atom. The number of allylic oxidation sites excluding steroid dienone is 1. The van der Waals surface area contributed by atoms with Crippen LogP contribution in [0.15, 0.2) is 53.6 Å². The van der Waals surface area contributed by atoms with Gasteiger partial charge in [0.25, 0.3) is 0 Å². The van der Waals surface area contributed by atoms with Gasteiger partial charge in [0.15, 0.2) is 0 Å². The molecule has 0 atom stereocenters. The predicted octanol–water partition coefficient (Wildman–Crippen LogP) is 10.5. The molecule has 2 aromatic rings. The Kier molecular flexibility index (Phi) is 17.5. The highest BCUT2D eigenvalue weighted by molar-refractivity contribution is 8.93. The van der Waals surface area contributed by atoms with E-state index in [9.17, 15) is 4.79 Å². The molecule has 1 aliphatic rings. The number of unbranched alkanes of at least 4 members (excludes halogenated alkanes) is 11. The van der Waals surface area contributed by atoms with Crippen molar-refractivity contribution in [3.63, 3.8) is 0 Å². The minimum absolute atomic E-state index is 0. The Bertz CT molecular complexity index is 1030. The average Bonchev–Trinajstić information content (AvgIpc) is 3.33. The second-order valence-corrected chi connectivity index (χ2v) is 11.9. The molecule has 1 aliphatic heterocycles. The van der Waals surface area contributed by atoms with E-state index in [-0.39, 0.29) is 29.3 Å². The van der Waals surface area contributed by atoms with Crippen molar-refractivity contribution in [3.8, 4) is 5.75 Å². The van der Waals surface area contributed by atoms with E-state index in [0.29, 0.717) is 17.4 Å². The SMILES string of the molecule is Br.CCCCCCCCCCCCCCOc1cc(Cl)ccc1CC(=O)Nc1ccc(CN2CSC=C2C)cc1. The summed E-state index contributed by atoms with van der Waals surface area (Å²) >= 11 is 8.06. The first-order valence-corrected chi connectivity index (χ1v) is 16.3. The minimum atomic E-state index is -0.0602. The Balaban J connectivity index is 0.00000560. The number of carbonyl (C=O) groups excluding carboxylic acids is 1. The number of thioether (sulfide) groups is 1. The van der Waals surface area contributed by atoms with E-state index in [2.05, 4.69) is 41.6 Å². The van der Waals surface area contributed by atoms with Gasteiger partial charge in [-0.2, -0.15) is 0 Å². The molecule has 0 bridgehead atoms. The van der Waals surface area contributed by atoms with Gasteiger partial charge in [-0.3, -0.25) is 4.79 Å². The molecular formula is C33H48BrClN2O2S. The Morgan fingerprint density at radius 3 is 2.15 bits per heavy atom. The highest BCUT2D eigenvalue weighted by Crippen LogP contribution is 2.26. The summed E-state index contributed by atoms with van der Waals surface area (Å²) in [5, 5.41) is 5.85. The smallest absolute Gasteiger partial charge is 0.228 e. The molecule has 0 unspecified atom stereocenters. The van der Waals surface area contributed by atoms with Crippen molar-refractivity contribution in [1.29, 1.82) is 0 Å². The second-order valence-electron chi connectivity index (χ2n) is 10.7. The summed E-state index contributed by atoms with van der Waals surface area (Å²) in [5.74, 6) is 1.65. The monoisotopic (exact) mass is 650 g/mol. The van der Waals surface area contributed by atoms with Crippen molar-refractivity contribution < 1.29 is 9.53 Å². The van der Waals surface area contributed by atoms with Gasteiger partial charge < -0.3 is 15.0 Å². The Morgan fingerprint density at radius 1 is 0.925 bits per heavy atom. The molecule has 1 N–H and O–H groups in total. The van der Waals surface area contributed by atoms with Crippen LogP contribution in [0.5, 0.6) is 5.75 Å². The topological polar surface area (TPSA) is 41.6 Å². The van der Waals surface area contributed by atoms with E-state index in [4.69, 9.17) is 16.3 Å². The Labute approximate surface area is 262 Å². The van der Waals surface area contributed by atoms with Crippen molar-refractivity contribution in [2.75, 3.05) is 17.8 Å². The van der Waals surface area contributed by atoms with Gasteiger partial charge in [0.05, 0.1) is 18.9 Å². The number of carbonyl (C=O) groups is 1. The lowest BCUT2D eigenvalue weighted by Crippen LogP contribution is -2.17. The number of amides is 1. The second kappa shape index (κ2) is 20.3. The minimum Gasteiger partial charge on any atom is -0.493 e. The van der Waals surface area contributed by atoms with Gasteiger partial charge in [-0.15, -0.1) is 28.7 Å². The van der Waals surface area contributed by atoms with Gasteiger partial charge >= 0.3 is 0 Å². The molecule has 0 saturated heterocycles. The summed E-state index contributed by atoms with van der Waals surface area (Å²) in [6.07, 6.45) is 16.0. The first-order chi connectivity index (χ1) is 19.0. The quantitative estimate of drug-likeness (QED) is 0.154. The van der Waals surface area contributed by atoms with Gasteiger partial charge in [-0.05, 0) is 48.6 Å². The van der Waals surface area contributed by atoms with Crippen LogP contribution in [-0.4, -0.2) is 23.3 Å². The van der Waals surface area contributed by atoms with E-state index in [0.717, 1.165) is 30.1 Å². The number of nitrogens with one attached hydrogen (secondary N) is 1. The van der Waals surface area contributed by atoms with Gasteiger partial charge in [0.2, 0.25) is 5.91 Å². The van der Waals surface area contributed by atoms with Crippen LogP contribution in [0.3, 0.4) is 0 Å². The van der Waals surface area contributed by atoms with E-state index >= 15 is 0 Å². The number of hydrogen-bond acceptors (Lipinski definition) is 4. The van der Waals surface area contributed by atoms with E-state index in [1.165, 1.54) is 81.9 Å². The highest BCUT2D eigenvalue weighted by atomic mass is 79.9. The number of benzene rings is 2. The molecule has 0 saturated carbocycles. The summed E-state index contributed by atoms with van der Waals surface area (Å²) in [6.45, 7) is 5.95. The van der Waals surface area contributed by atoms with E-state index in [1.54, 1.807) is 0 Å². The molecule has 2 aromatic carbocycles. The third kappa shape index (κ3) is 13.4. The fourth-order valence-electron chi connectivity index (χ4n) is 4.82. The fourth-order valence-corrected chi connectivity index (χ4v) is 5.92. The molecule has 0 radical (unpaired) electrons. The first kappa shape index (κ1) is 34.6. The van der Waals surface area contributed by atoms with Crippen LogP contribution in [0.2, 0.25) is 5.02 Å². The van der Waals surface area contributed by atoms with Crippen LogP contribution in [0.1, 0.15) is 102 Å². The van der Waals surface area contributed by atoms with E-state index in [1.807, 2.05) is 42.1 Å². The lowest BCUT2D eigenvalue weighted by molar-refractivity contribution is -0.115. The number of nitrogens with zero attached hydrogens (tertiary/aromatic N) is 1. The van der Waals surface area contributed by atoms with Crippen molar-refractivity contribution in [2.45, 2.75) is 104 Å². The van der Waals surface area contributed by atoms with Crippen molar-refractivity contribution in [3.05, 3.63) is 69.7 Å². The maximum Gasteiger partial charge on any atom is 0.228 e. The normalized spacial score (nSPS) is 12.7. The van der Waals surface area contributed by atoms with Gasteiger partial charge in [-0.1, -0.05) is 107 Å². The molecule has 0 aliphatic carbocycles. The van der Waals surface area contributed by atoms with Gasteiger partial charge in [0, 0.05) is 28.5 Å². The first-order valence-electron chi connectivity index (χ1n) is 14.9. The zero-order chi connectivity index (χ0) is 27.7. The zero-order valence-electron chi connectivity index (χ0n) is 24.4. The molecule has 0 aromatic heterocycles. The fraction of sp³-hybridized carbons (Fsp3) is 0.545. The maximum absolute atomic E-state index is 12.8. The molecule has 222 valence electrons. The molecule has 1 amide bonds. The van der Waals surface area contributed by atoms with Gasteiger partial charge in [0.1, 0.15) is 5.75 Å². The average molecular weight is 652 g/mol. The number of anilines is 1. The van der Waals surface area contributed by atoms with Crippen LogP contribution in [0.25, 0.3) is 0 Å². The summed E-state index contributed by atoms with van der Waals surface area (Å²) in [5.41, 5.74) is 4.20. The maximum atomic E-state index is 12.8. The summed E-state index contributed by atoms with van der Waals surface area (Å²) in [4.78, 5) is 15.1. The van der Waals surface area contributed by atoms with Crippen molar-refractivity contribution in [2.24, 2.45) is 0 Å². The molecule has 7 heteroatoms. The number of halogens is 2. The molecule has 40 heavy (non-hydrogen) atoms. The number of rotatable bonds is 19. The van der Waals surface area contributed by atoms with Crippen LogP contribution in [-0.2, 0) is 17.8 Å². The molecule has 3 rings (SSSR count). The number of ether oxygens (including phenoxy) is 1. The molecule has 0 fully saturated rings. The summed E-state index contributed by atoms with van der Waals surface area (Å²) in [7, 11) is 0. The standard InChI is InChI=1S/C33H47ClN2O2S.BrH/c1-3-4-5-6-7-8-9-10-11-12-13-14-21-38-32-23-30(34)18-17-29(32)22-33(37)35-31-19-15-28(16-20-31)24-36-26-39-25-27(36)2;/h15-20,23,25H,3-14,21-22,24,26H2,1-2H3,(H,35,37);1H. The Hall–Kier alpha value is -1.63. The van der Waals surface area contributed by atoms with E-state index < -0.39 is 0 Å². The lowest BCUT2D eigenvalue weighted by Gasteiger charge is -2.19. The van der Waals surface area contributed by atoms with Crippen LogP contribution in [0.4, 0.5) is 5.69 Å². The van der Waals surface area contributed by atoms with Crippen LogP contribution < -0.4 is 10.1 Å². The van der Waals surface area contributed by atoms with Crippen LogP contribution >= 0.6 is 40.3 Å². The molecule has 0 spiro atoms. The third-order valence-corrected chi connectivity index (χ3v) is 8.43. The largest absolute Gasteiger partial charge is 0.493 e. The molecule has 4 nitrogen and oxygen atoms in total.